The van der Waals surface area contributed by atoms with Crippen LogP contribution in [0.4, 0.5) is 0 Å². The molecule has 280 valence electrons. The molecule has 4 saturated carbocycles. The van der Waals surface area contributed by atoms with Gasteiger partial charge in [0, 0.05) is 51.0 Å². The first-order chi connectivity index (χ1) is 23.4. The van der Waals surface area contributed by atoms with Crippen LogP contribution in [-0.2, 0) is 47.6 Å². The number of ether oxygens (including phenoxy) is 6. The van der Waals surface area contributed by atoms with E-state index < -0.39 is 113 Å². The predicted molar refractivity (Wildman–Crippen MR) is 167 cm³/mol. The van der Waals surface area contributed by atoms with Crippen molar-refractivity contribution in [2.75, 3.05) is 13.2 Å². The van der Waals surface area contributed by atoms with Crippen molar-refractivity contribution in [2.45, 2.75) is 140 Å². The fourth-order valence-corrected chi connectivity index (χ4v) is 11.0. The maximum Gasteiger partial charge on any atom is 0.331 e. The fraction of sp³-hybridized carbons (Fsp3) is 0.829. The first kappa shape index (κ1) is 37.1. The van der Waals surface area contributed by atoms with Crippen molar-refractivity contribution >= 4 is 23.9 Å². The number of hydrogen-bond donors (Lipinski definition) is 5. The van der Waals surface area contributed by atoms with Crippen molar-refractivity contribution in [2.24, 2.45) is 28.6 Å². The number of carbonyl (C=O) groups excluding carboxylic acids is 4. The van der Waals surface area contributed by atoms with E-state index in [1.165, 1.54) is 33.8 Å². The molecule has 50 heavy (non-hydrogen) atoms. The topological polar surface area (TPSA) is 225 Å². The normalized spacial score (nSPS) is 48.3. The van der Waals surface area contributed by atoms with Crippen LogP contribution in [0.2, 0.25) is 0 Å². The van der Waals surface area contributed by atoms with Crippen molar-refractivity contribution in [3.8, 4) is 0 Å². The minimum Gasteiger partial charge on any atom is -0.465 e. The molecule has 15 nitrogen and oxygen atoms in total. The molecule has 6 rings (SSSR count). The first-order valence-electron chi connectivity index (χ1n) is 17.5. The Morgan fingerprint density at radius 2 is 1.68 bits per heavy atom. The molecule has 15 atom stereocenters. The van der Waals surface area contributed by atoms with Crippen molar-refractivity contribution in [3.05, 3.63) is 11.6 Å². The highest BCUT2D eigenvalue weighted by atomic mass is 16.7. The predicted octanol–water partition coefficient (Wildman–Crippen LogP) is 0.197. The van der Waals surface area contributed by atoms with Gasteiger partial charge in [-0.25, -0.2) is 4.79 Å². The molecule has 1 saturated heterocycles. The Balaban J connectivity index is 1.45. The van der Waals surface area contributed by atoms with Crippen LogP contribution in [0.25, 0.3) is 0 Å². The largest absolute Gasteiger partial charge is 0.465 e. The summed E-state index contributed by atoms with van der Waals surface area (Å²) in [5, 5.41) is 56.7. The van der Waals surface area contributed by atoms with Gasteiger partial charge in [-0.05, 0) is 56.4 Å². The summed E-state index contributed by atoms with van der Waals surface area (Å²) in [6, 6.07) is 0. The van der Waals surface area contributed by atoms with E-state index >= 15 is 0 Å². The SMILES string of the molecule is CC(=O)OC[C@@]12[C@H]3[C@H](O)C[C@]4(C)[C@@H](C5=CC(=O)OC5)CC[C@]4(O)[C@@H]3CC[C@]1(OC(C)=O)C[C@@H](O[C@@H]1O[C@@H](C)[C@H](O)[C@@H](O)[C@H]1O)C[C@H]2OC(C)=O. The highest BCUT2D eigenvalue weighted by Crippen LogP contribution is 2.72. The standard InChI is InChI=1S/C35H50O15/c1-16-28(41)29(42)30(43)31(47-16)49-21-11-25(48-18(3)37)34(15-46-17(2)36)27-23(6-8-33(34,12-21)50-19(4)38)35(44)9-7-22(20-10-26(40)45-14-20)32(35,5)13-24(27)39/h10,16,21-25,27-31,39,41-44H,6-9,11-15H2,1-5H3/t16-,21-,22+,23+,24+,25+,27+,28-,29+,30+,31-,32+,33-,34+,35-/m0/s1. The third kappa shape index (κ3) is 5.67. The molecule has 0 spiro atoms. The summed E-state index contributed by atoms with van der Waals surface area (Å²) in [5.74, 6) is -4.32. The molecule has 4 aliphatic carbocycles. The lowest BCUT2D eigenvalue weighted by molar-refractivity contribution is -0.344. The monoisotopic (exact) mass is 710 g/mol. The third-order valence-corrected chi connectivity index (χ3v) is 13.0. The highest BCUT2D eigenvalue weighted by Gasteiger charge is 2.78. The molecule has 0 aromatic carbocycles. The van der Waals surface area contributed by atoms with Gasteiger partial charge >= 0.3 is 23.9 Å². The minimum atomic E-state index is -1.64. The number of aliphatic hydroxyl groups excluding tert-OH is 4. The Kier molecular flexibility index (Phi) is 9.71. The number of rotatable bonds is 7. The lowest BCUT2D eigenvalue weighted by atomic mass is 9.40. The summed E-state index contributed by atoms with van der Waals surface area (Å²) in [6.45, 7) is 6.74. The molecule has 0 bridgehead atoms. The van der Waals surface area contributed by atoms with Gasteiger partial charge in [0.05, 0.1) is 29.3 Å². The lowest BCUT2D eigenvalue weighted by Gasteiger charge is -2.69. The number of hydrogen-bond acceptors (Lipinski definition) is 15. The molecular weight excluding hydrogens is 660 g/mol. The van der Waals surface area contributed by atoms with Gasteiger partial charge in [0.2, 0.25) is 0 Å². The van der Waals surface area contributed by atoms with Crippen LogP contribution in [0.1, 0.15) is 79.6 Å². The molecular formula is C35H50O15. The molecule has 2 heterocycles. The van der Waals surface area contributed by atoms with E-state index in [4.69, 9.17) is 28.4 Å². The Labute approximate surface area is 290 Å². The molecule has 2 aliphatic heterocycles. The average molecular weight is 711 g/mol. The molecule has 5 fully saturated rings. The zero-order valence-electron chi connectivity index (χ0n) is 29.1. The van der Waals surface area contributed by atoms with Crippen molar-refractivity contribution in [1.82, 2.24) is 0 Å². The second kappa shape index (κ2) is 13.1. The summed E-state index contributed by atoms with van der Waals surface area (Å²) in [7, 11) is 0. The van der Waals surface area contributed by atoms with Crippen LogP contribution in [0.3, 0.4) is 0 Å². The van der Waals surface area contributed by atoms with E-state index in [0.29, 0.717) is 12.8 Å². The van der Waals surface area contributed by atoms with E-state index in [-0.39, 0.29) is 44.6 Å². The quantitative estimate of drug-likeness (QED) is 0.135. The lowest BCUT2D eigenvalue weighted by Crippen LogP contribution is -2.77. The van der Waals surface area contributed by atoms with Crippen LogP contribution in [0, 0.1) is 28.6 Å². The molecule has 0 radical (unpaired) electrons. The van der Waals surface area contributed by atoms with Gasteiger partial charge in [-0.2, -0.15) is 0 Å². The van der Waals surface area contributed by atoms with Crippen LogP contribution >= 0.6 is 0 Å². The van der Waals surface area contributed by atoms with Crippen LogP contribution in [0.5, 0.6) is 0 Å². The smallest absolute Gasteiger partial charge is 0.331 e. The molecule has 0 amide bonds. The van der Waals surface area contributed by atoms with E-state index in [0.717, 1.165) is 5.57 Å². The van der Waals surface area contributed by atoms with Gasteiger partial charge in [0.25, 0.3) is 0 Å². The molecule has 15 heteroatoms. The highest BCUT2D eigenvalue weighted by molar-refractivity contribution is 5.85. The number of fused-ring (bicyclic) bond motifs is 5. The van der Waals surface area contributed by atoms with Gasteiger partial charge in [0.1, 0.15) is 43.2 Å². The van der Waals surface area contributed by atoms with Gasteiger partial charge < -0.3 is 54.0 Å². The van der Waals surface area contributed by atoms with Gasteiger partial charge in [-0.3, -0.25) is 14.4 Å². The summed E-state index contributed by atoms with van der Waals surface area (Å²) >= 11 is 0. The summed E-state index contributed by atoms with van der Waals surface area (Å²) < 4.78 is 35.2. The number of esters is 4. The van der Waals surface area contributed by atoms with E-state index in [2.05, 4.69) is 0 Å². The molecule has 0 aromatic heterocycles. The van der Waals surface area contributed by atoms with Crippen molar-refractivity contribution in [1.29, 1.82) is 0 Å². The summed E-state index contributed by atoms with van der Waals surface area (Å²) in [6.07, 6.45) is -7.59. The Morgan fingerprint density at radius 3 is 2.30 bits per heavy atom. The van der Waals surface area contributed by atoms with Crippen molar-refractivity contribution < 1.29 is 73.1 Å². The maximum absolute atomic E-state index is 13.0. The number of aliphatic hydroxyl groups is 5. The number of carbonyl (C=O) groups is 4. The second-order valence-electron chi connectivity index (χ2n) is 15.6. The minimum absolute atomic E-state index is 0.0637. The van der Waals surface area contributed by atoms with Crippen LogP contribution in [-0.4, -0.2) is 123 Å². The molecule has 0 aromatic rings. The maximum atomic E-state index is 13.0. The molecule has 6 aliphatic rings. The Morgan fingerprint density at radius 1 is 0.960 bits per heavy atom. The number of cyclic esters (lactones) is 1. The zero-order chi connectivity index (χ0) is 36.6. The Hall–Kier alpha value is -2.66. The average Bonchev–Trinajstić information content (AvgIpc) is 3.56. The van der Waals surface area contributed by atoms with E-state index in [1.807, 2.05) is 6.92 Å². The van der Waals surface area contributed by atoms with Gasteiger partial charge in [0.15, 0.2) is 6.29 Å². The van der Waals surface area contributed by atoms with Crippen molar-refractivity contribution in [3.63, 3.8) is 0 Å². The van der Waals surface area contributed by atoms with E-state index in [9.17, 15) is 44.7 Å². The second-order valence-corrected chi connectivity index (χ2v) is 15.6. The summed E-state index contributed by atoms with van der Waals surface area (Å²) in [4.78, 5) is 50.5. The molecule has 0 unspecified atom stereocenters. The van der Waals surface area contributed by atoms with E-state index in [1.54, 1.807) is 0 Å². The van der Waals surface area contributed by atoms with Crippen LogP contribution < -0.4 is 0 Å². The molecule has 5 N–H and O–H groups in total. The van der Waals surface area contributed by atoms with Gasteiger partial charge in [-0.15, -0.1) is 0 Å². The first-order valence-corrected chi connectivity index (χ1v) is 17.5. The zero-order valence-corrected chi connectivity index (χ0v) is 29.1. The summed E-state index contributed by atoms with van der Waals surface area (Å²) in [5.41, 5.74) is -4.67. The van der Waals surface area contributed by atoms with Crippen LogP contribution in [0.15, 0.2) is 11.6 Å². The Bertz CT molecular complexity index is 1420. The fourth-order valence-electron chi connectivity index (χ4n) is 11.0. The van der Waals surface area contributed by atoms with Gasteiger partial charge in [-0.1, -0.05) is 6.92 Å². The third-order valence-electron chi connectivity index (χ3n) is 13.0.